The summed E-state index contributed by atoms with van der Waals surface area (Å²) in [7, 11) is -3.58. The lowest BCUT2D eigenvalue weighted by atomic mass is 9.89. The SMILES string of the molecule is CCN(CC)C(=O)[C@H]1Cn2ccnc2C2(CCN(S(=O)(=O)c3cccc(C)c3)CC2)O1. The highest BCUT2D eigenvalue weighted by Crippen LogP contribution is 2.41. The number of likely N-dealkylation sites (N-methyl/N-ethyl adjacent to an activating group) is 1. The van der Waals surface area contributed by atoms with Gasteiger partial charge in [0.2, 0.25) is 10.0 Å². The predicted molar refractivity (Wildman–Crippen MR) is 116 cm³/mol. The van der Waals surface area contributed by atoms with Gasteiger partial charge in [-0.2, -0.15) is 4.31 Å². The monoisotopic (exact) mass is 446 g/mol. The highest BCUT2D eigenvalue weighted by atomic mass is 32.2. The molecule has 2 aliphatic heterocycles. The van der Waals surface area contributed by atoms with Crippen LogP contribution in [0.4, 0.5) is 0 Å². The minimum atomic E-state index is -3.58. The number of hydrogen-bond acceptors (Lipinski definition) is 5. The number of benzene rings is 1. The number of fused-ring (bicyclic) bond motifs is 2. The number of amides is 1. The Hall–Kier alpha value is -2.23. The highest BCUT2D eigenvalue weighted by molar-refractivity contribution is 7.89. The minimum absolute atomic E-state index is 0.0291. The molecular formula is C22H30N4O4S. The van der Waals surface area contributed by atoms with E-state index in [2.05, 4.69) is 4.98 Å². The van der Waals surface area contributed by atoms with Crippen LogP contribution in [0.2, 0.25) is 0 Å². The molecule has 1 amide bonds. The first-order valence-electron chi connectivity index (χ1n) is 10.9. The third kappa shape index (κ3) is 3.90. The molecule has 0 N–H and O–H groups in total. The van der Waals surface area contributed by atoms with E-state index in [0.717, 1.165) is 11.4 Å². The molecule has 1 aromatic heterocycles. The molecule has 1 aromatic carbocycles. The summed E-state index contributed by atoms with van der Waals surface area (Å²) < 4.78 is 36.2. The molecule has 1 fully saturated rings. The van der Waals surface area contributed by atoms with Crippen LogP contribution in [0.15, 0.2) is 41.6 Å². The van der Waals surface area contributed by atoms with Crippen LogP contribution in [0.5, 0.6) is 0 Å². The van der Waals surface area contributed by atoms with Crippen molar-refractivity contribution in [3.8, 4) is 0 Å². The van der Waals surface area contributed by atoms with Crippen LogP contribution in [-0.2, 0) is 31.7 Å². The fourth-order valence-corrected chi connectivity index (χ4v) is 6.17. The van der Waals surface area contributed by atoms with Gasteiger partial charge in [-0.05, 0) is 51.3 Å². The summed E-state index contributed by atoms with van der Waals surface area (Å²) in [6.45, 7) is 8.10. The number of piperidine rings is 1. The Labute approximate surface area is 183 Å². The number of carbonyl (C=O) groups excluding carboxylic acids is 1. The van der Waals surface area contributed by atoms with E-state index in [1.165, 1.54) is 4.31 Å². The van der Waals surface area contributed by atoms with Gasteiger partial charge < -0.3 is 14.2 Å². The number of sulfonamides is 1. The molecule has 0 saturated carbocycles. The third-order valence-corrected chi connectivity index (χ3v) is 8.26. The average molecular weight is 447 g/mol. The van der Waals surface area contributed by atoms with E-state index >= 15 is 0 Å². The predicted octanol–water partition coefficient (Wildman–Crippen LogP) is 2.14. The van der Waals surface area contributed by atoms with Gasteiger partial charge >= 0.3 is 0 Å². The first-order chi connectivity index (χ1) is 14.8. The quantitative estimate of drug-likeness (QED) is 0.703. The zero-order valence-electron chi connectivity index (χ0n) is 18.3. The maximum absolute atomic E-state index is 13.1. The molecule has 2 aromatic rings. The Morgan fingerprint density at radius 2 is 1.97 bits per heavy atom. The standard InChI is InChI=1S/C22H30N4O4S/c1-4-24(5-2)20(27)19-16-25-14-11-23-21(25)22(30-19)9-12-26(13-10-22)31(28,29)18-8-6-7-17(3)15-18/h6-8,11,14-15,19H,4-5,9-10,12-13,16H2,1-3H3/t19-/m1/s1. The average Bonchev–Trinajstić information content (AvgIpc) is 3.25. The molecule has 3 heterocycles. The van der Waals surface area contributed by atoms with Crippen molar-refractivity contribution in [3.63, 3.8) is 0 Å². The second-order valence-electron chi connectivity index (χ2n) is 8.24. The maximum Gasteiger partial charge on any atom is 0.253 e. The number of aryl methyl sites for hydroxylation is 1. The van der Waals surface area contributed by atoms with E-state index < -0.39 is 21.7 Å². The molecule has 168 valence electrons. The van der Waals surface area contributed by atoms with Gasteiger partial charge in [0.05, 0.1) is 11.4 Å². The van der Waals surface area contributed by atoms with Gasteiger partial charge in [0, 0.05) is 38.6 Å². The number of nitrogens with zero attached hydrogens (tertiary/aromatic N) is 4. The molecule has 8 nitrogen and oxygen atoms in total. The first-order valence-corrected chi connectivity index (χ1v) is 12.3. The maximum atomic E-state index is 13.1. The van der Waals surface area contributed by atoms with Gasteiger partial charge in [0.1, 0.15) is 11.4 Å². The van der Waals surface area contributed by atoms with Gasteiger partial charge in [-0.3, -0.25) is 4.79 Å². The summed E-state index contributed by atoms with van der Waals surface area (Å²) in [5, 5.41) is 0. The summed E-state index contributed by atoms with van der Waals surface area (Å²) >= 11 is 0. The van der Waals surface area contributed by atoms with Gasteiger partial charge in [0.25, 0.3) is 5.91 Å². The van der Waals surface area contributed by atoms with Crippen LogP contribution in [0.1, 0.15) is 38.1 Å². The van der Waals surface area contributed by atoms with E-state index in [-0.39, 0.29) is 5.91 Å². The summed E-state index contributed by atoms with van der Waals surface area (Å²) in [5.74, 6) is 0.752. The molecule has 2 aliphatic rings. The molecular weight excluding hydrogens is 416 g/mol. The molecule has 31 heavy (non-hydrogen) atoms. The molecule has 1 saturated heterocycles. The smallest absolute Gasteiger partial charge is 0.253 e. The van der Waals surface area contributed by atoms with Crippen molar-refractivity contribution in [2.75, 3.05) is 26.2 Å². The molecule has 4 rings (SSSR count). The van der Waals surface area contributed by atoms with E-state index in [4.69, 9.17) is 4.74 Å². The number of rotatable bonds is 5. The number of aromatic nitrogens is 2. The fourth-order valence-electron chi connectivity index (χ4n) is 4.62. The topological polar surface area (TPSA) is 84.7 Å². The Morgan fingerprint density at radius 1 is 1.26 bits per heavy atom. The lowest BCUT2D eigenvalue weighted by Gasteiger charge is -2.45. The number of imidazole rings is 1. The zero-order chi connectivity index (χ0) is 22.2. The Morgan fingerprint density at radius 3 is 2.61 bits per heavy atom. The zero-order valence-corrected chi connectivity index (χ0v) is 19.1. The van der Waals surface area contributed by atoms with Crippen LogP contribution in [0.25, 0.3) is 0 Å². The summed E-state index contributed by atoms with van der Waals surface area (Å²) in [6, 6.07) is 6.97. The highest BCUT2D eigenvalue weighted by Gasteiger charge is 2.49. The third-order valence-electron chi connectivity index (χ3n) is 6.36. The van der Waals surface area contributed by atoms with E-state index in [1.807, 2.05) is 37.6 Å². The number of ether oxygens (including phenoxy) is 1. The summed E-state index contributed by atoms with van der Waals surface area (Å²) in [4.78, 5) is 19.6. The van der Waals surface area contributed by atoms with Gasteiger partial charge in [-0.25, -0.2) is 13.4 Å². The molecule has 0 unspecified atom stereocenters. The molecule has 0 radical (unpaired) electrons. The Kier molecular flexibility index (Phi) is 5.93. The van der Waals surface area contributed by atoms with Crippen LogP contribution < -0.4 is 0 Å². The summed E-state index contributed by atoms with van der Waals surface area (Å²) in [6.07, 6.45) is 3.91. The van der Waals surface area contributed by atoms with Crippen LogP contribution in [0, 0.1) is 6.92 Å². The van der Waals surface area contributed by atoms with Crippen molar-refractivity contribution in [1.82, 2.24) is 18.8 Å². The second kappa shape index (κ2) is 8.37. The largest absolute Gasteiger partial charge is 0.352 e. The van der Waals surface area contributed by atoms with Crippen LogP contribution in [0.3, 0.4) is 0 Å². The van der Waals surface area contributed by atoms with Crippen molar-refractivity contribution < 1.29 is 17.9 Å². The Balaban J connectivity index is 1.57. The minimum Gasteiger partial charge on any atom is -0.352 e. The first kappa shape index (κ1) is 22.0. The van der Waals surface area contributed by atoms with Gasteiger partial charge in [-0.1, -0.05) is 12.1 Å². The Bertz CT molecular complexity index is 1050. The molecule has 0 bridgehead atoms. The lowest BCUT2D eigenvalue weighted by Crippen LogP contribution is -2.55. The lowest BCUT2D eigenvalue weighted by molar-refractivity contribution is -0.178. The van der Waals surface area contributed by atoms with Crippen molar-refractivity contribution in [1.29, 1.82) is 0 Å². The number of carbonyl (C=O) groups is 1. The van der Waals surface area contributed by atoms with E-state index in [9.17, 15) is 13.2 Å². The van der Waals surface area contributed by atoms with Gasteiger partial charge in [0.15, 0.2) is 6.10 Å². The van der Waals surface area contributed by atoms with E-state index in [0.29, 0.717) is 50.5 Å². The number of hydrogen-bond donors (Lipinski definition) is 0. The van der Waals surface area contributed by atoms with Crippen LogP contribution in [-0.4, -0.2) is 65.4 Å². The van der Waals surface area contributed by atoms with Crippen molar-refractivity contribution in [3.05, 3.63) is 48.0 Å². The second-order valence-corrected chi connectivity index (χ2v) is 10.2. The molecule has 0 aliphatic carbocycles. The van der Waals surface area contributed by atoms with Crippen molar-refractivity contribution in [2.45, 2.75) is 56.8 Å². The van der Waals surface area contributed by atoms with Crippen molar-refractivity contribution in [2.24, 2.45) is 0 Å². The fraction of sp³-hybridized carbons (Fsp3) is 0.545. The van der Waals surface area contributed by atoms with Gasteiger partial charge in [-0.15, -0.1) is 0 Å². The molecule has 1 spiro atoms. The molecule has 9 heteroatoms. The summed E-state index contributed by atoms with van der Waals surface area (Å²) in [5.41, 5.74) is 0.151. The molecule has 1 atom stereocenters. The normalized spacial score (nSPS) is 21.1. The van der Waals surface area contributed by atoms with Crippen LogP contribution >= 0.6 is 0 Å². The van der Waals surface area contributed by atoms with Crippen molar-refractivity contribution >= 4 is 15.9 Å². The van der Waals surface area contributed by atoms with E-state index in [1.54, 1.807) is 29.3 Å².